The van der Waals surface area contributed by atoms with E-state index in [-0.39, 0.29) is 5.82 Å². The maximum Gasteiger partial charge on any atom is 0.125 e. The molecule has 1 aliphatic rings. The van der Waals surface area contributed by atoms with Gasteiger partial charge >= 0.3 is 0 Å². The van der Waals surface area contributed by atoms with Crippen LogP contribution in [0.25, 0.3) is 0 Å². The van der Waals surface area contributed by atoms with Crippen LogP contribution in [0.4, 0.5) is 4.39 Å². The van der Waals surface area contributed by atoms with Crippen molar-refractivity contribution in [2.45, 2.75) is 31.8 Å². The van der Waals surface area contributed by atoms with Gasteiger partial charge in [0.1, 0.15) is 11.6 Å². The summed E-state index contributed by atoms with van der Waals surface area (Å²) >= 11 is 0. The van der Waals surface area contributed by atoms with Crippen molar-refractivity contribution in [1.29, 1.82) is 0 Å². The first-order chi connectivity index (χ1) is 9.09. The first-order valence-electron chi connectivity index (χ1n) is 6.88. The number of hydrogen-bond acceptors (Lipinski definition) is 3. The van der Waals surface area contributed by atoms with Crippen LogP contribution in [0, 0.1) is 5.82 Å². The number of nitrogens with zero attached hydrogens (tertiary/aromatic N) is 1. The van der Waals surface area contributed by atoms with E-state index in [9.17, 15) is 9.50 Å². The zero-order chi connectivity index (χ0) is 13.9. The lowest BCUT2D eigenvalue weighted by atomic mass is 9.86. The van der Waals surface area contributed by atoms with Gasteiger partial charge in [-0.05, 0) is 50.6 Å². The van der Waals surface area contributed by atoms with Crippen LogP contribution in [0.3, 0.4) is 0 Å². The molecule has 4 heteroatoms. The molecule has 0 aromatic heterocycles. The molecule has 106 valence electrons. The Hall–Kier alpha value is -1.13. The third-order valence-electron chi connectivity index (χ3n) is 4.02. The van der Waals surface area contributed by atoms with Gasteiger partial charge in [0.25, 0.3) is 0 Å². The van der Waals surface area contributed by atoms with Gasteiger partial charge in [0.15, 0.2) is 0 Å². The van der Waals surface area contributed by atoms with Gasteiger partial charge < -0.3 is 14.7 Å². The molecule has 0 bridgehead atoms. The SMILES string of the molecule is CCN1CCCC(O)(c2cc(F)ccc2OC)CC1. The van der Waals surface area contributed by atoms with Gasteiger partial charge in [-0.25, -0.2) is 4.39 Å². The van der Waals surface area contributed by atoms with E-state index >= 15 is 0 Å². The molecule has 0 amide bonds. The fourth-order valence-electron chi connectivity index (χ4n) is 2.80. The first kappa shape index (κ1) is 14.3. The van der Waals surface area contributed by atoms with E-state index in [1.807, 2.05) is 0 Å². The lowest BCUT2D eigenvalue weighted by Gasteiger charge is -2.29. The Kier molecular flexibility index (Phi) is 4.42. The highest BCUT2D eigenvalue weighted by atomic mass is 19.1. The Morgan fingerprint density at radius 2 is 2.16 bits per heavy atom. The number of aliphatic hydroxyl groups is 1. The van der Waals surface area contributed by atoms with Crippen LogP contribution in [0.1, 0.15) is 31.7 Å². The largest absolute Gasteiger partial charge is 0.496 e. The molecule has 1 fully saturated rings. The summed E-state index contributed by atoms with van der Waals surface area (Å²) in [5.74, 6) is 0.231. The Labute approximate surface area is 114 Å². The highest BCUT2D eigenvalue weighted by Gasteiger charge is 2.34. The highest BCUT2D eigenvalue weighted by Crippen LogP contribution is 2.38. The first-order valence-corrected chi connectivity index (χ1v) is 6.88. The van der Waals surface area contributed by atoms with E-state index in [0.29, 0.717) is 24.2 Å². The molecular formula is C15H22FNO2. The van der Waals surface area contributed by atoms with E-state index in [1.165, 1.54) is 12.1 Å². The molecule has 19 heavy (non-hydrogen) atoms. The fourth-order valence-corrected chi connectivity index (χ4v) is 2.80. The maximum absolute atomic E-state index is 13.5. The number of methoxy groups -OCH3 is 1. The Balaban J connectivity index is 2.30. The van der Waals surface area contributed by atoms with Crippen LogP contribution in [0.2, 0.25) is 0 Å². The van der Waals surface area contributed by atoms with Gasteiger partial charge in [0.2, 0.25) is 0 Å². The molecule has 1 aromatic rings. The Morgan fingerprint density at radius 3 is 2.84 bits per heavy atom. The average molecular weight is 267 g/mol. The number of hydrogen-bond donors (Lipinski definition) is 1. The van der Waals surface area contributed by atoms with E-state index < -0.39 is 5.60 Å². The summed E-state index contributed by atoms with van der Waals surface area (Å²) < 4.78 is 18.7. The molecule has 3 nitrogen and oxygen atoms in total. The van der Waals surface area contributed by atoms with Crippen LogP contribution in [-0.2, 0) is 5.60 Å². The third-order valence-corrected chi connectivity index (χ3v) is 4.02. The summed E-state index contributed by atoms with van der Waals surface area (Å²) in [6.45, 7) is 4.91. The number of halogens is 1. The zero-order valence-corrected chi connectivity index (χ0v) is 11.7. The smallest absolute Gasteiger partial charge is 0.125 e. The van der Waals surface area contributed by atoms with Gasteiger partial charge in [-0.15, -0.1) is 0 Å². The molecule has 1 heterocycles. The normalized spacial score (nSPS) is 25.1. The van der Waals surface area contributed by atoms with Crippen LogP contribution < -0.4 is 4.74 Å². The lowest BCUT2D eigenvalue weighted by Crippen LogP contribution is -2.29. The number of benzene rings is 1. The predicted molar refractivity (Wildman–Crippen MR) is 72.8 cm³/mol. The second-order valence-electron chi connectivity index (χ2n) is 5.16. The number of likely N-dealkylation sites (tertiary alicyclic amines) is 1. The third kappa shape index (κ3) is 3.07. The van der Waals surface area contributed by atoms with Crippen molar-refractivity contribution < 1.29 is 14.2 Å². The molecule has 0 radical (unpaired) electrons. The van der Waals surface area contributed by atoms with Gasteiger partial charge in [0.05, 0.1) is 12.7 Å². The average Bonchev–Trinajstić information content (AvgIpc) is 2.61. The fraction of sp³-hybridized carbons (Fsp3) is 0.600. The summed E-state index contributed by atoms with van der Waals surface area (Å²) in [6, 6.07) is 4.35. The van der Waals surface area contributed by atoms with Crippen molar-refractivity contribution in [3.63, 3.8) is 0 Å². The number of ether oxygens (including phenoxy) is 1. The topological polar surface area (TPSA) is 32.7 Å². The van der Waals surface area contributed by atoms with Crippen LogP contribution in [0.15, 0.2) is 18.2 Å². The summed E-state index contributed by atoms with van der Waals surface area (Å²) in [5, 5.41) is 10.9. The molecule has 1 aromatic carbocycles. The van der Waals surface area contributed by atoms with Crippen molar-refractivity contribution in [3.8, 4) is 5.75 Å². The van der Waals surface area contributed by atoms with Crippen LogP contribution >= 0.6 is 0 Å². The molecule has 1 unspecified atom stereocenters. The highest BCUT2D eigenvalue weighted by molar-refractivity contribution is 5.38. The van der Waals surface area contributed by atoms with Gasteiger partial charge in [-0.1, -0.05) is 6.92 Å². The van der Waals surface area contributed by atoms with Crippen molar-refractivity contribution in [3.05, 3.63) is 29.6 Å². The lowest BCUT2D eigenvalue weighted by molar-refractivity contribution is 0.0188. The van der Waals surface area contributed by atoms with Crippen molar-refractivity contribution >= 4 is 0 Å². The van der Waals surface area contributed by atoms with Gasteiger partial charge in [-0.3, -0.25) is 0 Å². The molecule has 0 spiro atoms. The predicted octanol–water partition coefficient (Wildman–Crippen LogP) is 2.53. The zero-order valence-electron chi connectivity index (χ0n) is 11.7. The van der Waals surface area contributed by atoms with Crippen LogP contribution in [-0.4, -0.2) is 36.8 Å². The summed E-state index contributed by atoms with van der Waals surface area (Å²) in [7, 11) is 1.55. The molecule has 2 rings (SSSR count). The summed E-state index contributed by atoms with van der Waals surface area (Å²) in [6.07, 6.45) is 2.16. The summed E-state index contributed by atoms with van der Waals surface area (Å²) in [4.78, 5) is 2.31. The van der Waals surface area contributed by atoms with Crippen molar-refractivity contribution in [2.24, 2.45) is 0 Å². The van der Waals surface area contributed by atoms with Gasteiger partial charge in [-0.2, -0.15) is 0 Å². The molecule has 1 atom stereocenters. The monoisotopic (exact) mass is 267 g/mol. The van der Waals surface area contributed by atoms with E-state index in [4.69, 9.17) is 4.74 Å². The quantitative estimate of drug-likeness (QED) is 0.913. The standard InChI is InChI=1S/C15H22FNO2/c1-3-17-9-4-7-15(18,8-10-17)13-11-12(16)5-6-14(13)19-2/h5-6,11,18H,3-4,7-10H2,1-2H3. The second kappa shape index (κ2) is 5.88. The molecule has 0 saturated carbocycles. The second-order valence-corrected chi connectivity index (χ2v) is 5.16. The molecule has 1 saturated heterocycles. The summed E-state index contributed by atoms with van der Waals surface area (Å²) in [5.41, 5.74) is -0.412. The minimum absolute atomic E-state index is 0.333. The van der Waals surface area contributed by atoms with Gasteiger partial charge in [0, 0.05) is 12.1 Å². The molecular weight excluding hydrogens is 245 g/mol. The minimum Gasteiger partial charge on any atom is -0.496 e. The Morgan fingerprint density at radius 1 is 1.37 bits per heavy atom. The van der Waals surface area contributed by atoms with Crippen molar-refractivity contribution in [2.75, 3.05) is 26.7 Å². The van der Waals surface area contributed by atoms with Crippen LogP contribution in [0.5, 0.6) is 5.75 Å². The molecule has 0 aliphatic carbocycles. The Bertz CT molecular complexity index is 438. The van der Waals surface area contributed by atoms with E-state index in [0.717, 1.165) is 26.1 Å². The van der Waals surface area contributed by atoms with E-state index in [1.54, 1.807) is 13.2 Å². The minimum atomic E-state index is -0.989. The van der Waals surface area contributed by atoms with E-state index in [2.05, 4.69) is 11.8 Å². The molecule has 1 aliphatic heterocycles. The molecule has 1 N–H and O–H groups in total. The van der Waals surface area contributed by atoms with Crippen molar-refractivity contribution in [1.82, 2.24) is 4.90 Å². The maximum atomic E-state index is 13.5. The number of rotatable bonds is 3.